The Morgan fingerprint density at radius 1 is 0.780 bits per heavy atom. The van der Waals surface area contributed by atoms with Gasteiger partial charge in [-0.05, 0) is 86.0 Å². The highest BCUT2D eigenvalue weighted by atomic mass is 16.5. The highest BCUT2D eigenvalue weighted by Crippen LogP contribution is 2.68. The number of fused-ring (bicyclic) bond motifs is 5. The van der Waals surface area contributed by atoms with E-state index in [4.69, 9.17) is 9.47 Å². The lowest BCUT2D eigenvalue weighted by Gasteiger charge is -2.63. The van der Waals surface area contributed by atoms with E-state index in [-0.39, 0.29) is 70.0 Å². The second kappa shape index (κ2) is 10.5. The van der Waals surface area contributed by atoms with E-state index >= 15 is 0 Å². The molecule has 0 unspecified atom stereocenters. The zero-order valence-corrected chi connectivity index (χ0v) is 24.2. The number of benzene rings is 2. The molecule has 0 saturated heterocycles. The van der Waals surface area contributed by atoms with Gasteiger partial charge in [-0.15, -0.1) is 0 Å². The standard InChI is InChI=1S/C35H40O6/c1-21(36)26-14-15-27-25-19-29(40-32(38)22-10-6-4-7-11-22)28-18-24(37)16-17-34(28,2)31(25)30(20-35(26,27)3)41-33(39)23-12-8-5-9-13-23/h4-13,25-31H,14-20H2,1-3H3/t25-,26+,27-,28-,29+,30+,31+,34-,35+/m0/s1. The minimum atomic E-state index is -0.414. The first-order chi connectivity index (χ1) is 19.6. The van der Waals surface area contributed by atoms with Gasteiger partial charge in [0.15, 0.2) is 0 Å². The Labute approximate surface area is 242 Å². The Hall–Kier alpha value is -3.28. The molecular weight excluding hydrogens is 516 g/mol. The summed E-state index contributed by atoms with van der Waals surface area (Å²) in [5, 5.41) is 0. The van der Waals surface area contributed by atoms with Crippen molar-refractivity contribution in [3.63, 3.8) is 0 Å². The van der Waals surface area contributed by atoms with Crippen LogP contribution in [0.1, 0.15) is 86.4 Å². The lowest BCUT2D eigenvalue weighted by Crippen LogP contribution is -2.63. The molecule has 6 rings (SSSR count). The van der Waals surface area contributed by atoms with Gasteiger partial charge in [-0.3, -0.25) is 9.59 Å². The Morgan fingerprint density at radius 3 is 1.95 bits per heavy atom. The minimum absolute atomic E-state index is 0.0173. The van der Waals surface area contributed by atoms with Crippen LogP contribution in [0, 0.1) is 40.4 Å². The molecule has 0 aromatic heterocycles. The number of rotatable bonds is 5. The SMILES string of the molecule is CC(=O)[C@H]1CC[C@H]2[C@@H]3C[C@@H](OC(=O)c4ccccc4)[C@@H]4CC(=O)CC[C@]4(C)[C@H]3[C@H](OC(=O)c3ccccc3)C[C@]12C. The molecule has 41 heavy (non-hydrogen) atoms. The summed E-state index contributed by atoms with van der Waals surface area (Å²) >= 11 is 0. The Kier molecular flexibility index (Phi) is 7.15. The fourth-order valence-corrected chi connectivity index (χ4v) is 9.62. The van der Waals surface area contributed by atoms with Gasteiger partial charge in [0, 0.05) is 30.6 Å². The predicted octanol–water partition coefficient (Wildman–Crippen LogP) is 6.47. The average molecular weight is 557 g/mol. The van der Waals surface area contributed by atoms with Crippen molar-refractivity contribution in [2.45, 2.75) is 77.9 Å². The number of hydrogen-bond donors (Lipinski definition) is 0. The van der Waals surface area contributed by atoms with Crippen LogP contribution in [0.5, 0.6) is 0 Å². The molecule has 4 saturated carbocycles. The van der Waals surface area contributed by atoms with Crippen molar-refractivity contribution in [3.05, 3.63) is 71.8 Å². The van der Waals surface area contributed by atoms with Crippen LogP contribution in [-0.4, -0.2) is 35.7 Å². The Bertz CT molecular complexity index is 1340. The van der Waals surface area contributed by atoms with E-state index in [1.807, 2.05) is 36.4 Å². The molecule has 9 atom stereocenters. The maximum absolute atomic E-state index is 13.5. The Morgan fingerprint density at radius 2 is 1.37 bits per heavy atom. The molecule has 0 amide bonds. The largest absolute Gasteiger partial charge is 0.458 e. The third kappa shape index (κ3) is 4.73. The van der Waals surface area contributed by atoms with Crippen LogP contribution >= 0.6 is 0 Å². The molecule has 0 aliphatic heterocycles. The number of Topliss-reactive ketones (excluding diaryl/α,β-unsaturated/α-hetero) is 2. The summed E-state index contributed by atoms with van der Waals surface area (Å²) in [7, 11) is 0. The maximum Gasteiger partial charge on any atom is 0.338 e. The first-order valence-electron chi connectivity index (χ1n) is 15.2. The fourth-order valence-electron chi connectivity index (χ4n) is 9.62. The quantitative estimate of drug-likeness (QED) is 0.392. The number of ketones is 2. The van der Waals surface area contributed by atoms with Gasteiger partial charge < -0.3 is 9.47 Å². The number of carbonyl (C=O) groups excluding carboxylic acids is 4. The molecule has 6 heteroatoms. The smallest absolute Gasteiger partial charge is 0.338 e. The van der Waals surface area contributed by atoms with Gasteiger partial charge in [0.05, 0.1) is 11.1 Å². The zero-order chi connectivity index (χ0) is 28.9. The molecule has 2 aromatic rings. The van der Waals surface area contributed by atoms with Crippen LogP contribution in [0.3, 0.4) is 0 Å². The van der Waals surface area contributed by atoms with E-state index in [0.29, 0.717) is 43.2 Å². The highest BCUT2D eigenvalue weighted by molar-refractivity contribution is 5.90. The molecule has 2 aromatic carbocycles. The van der Waals surface area contributed by atoms with Gasteiger partial charge >= 0.3 is 11.9 Å². The summed E-state index contributed by atoms with van der Waals surface area (Å²) in [6, 6.07) is 18.1. The maximum atomic E-state index is 13.5. The number of carbonyl (C=O) groups is 4. The van der Waals surface area contributed by atoms with Crippen LogP contribution in [-0.2, 0) is 19.1 Å². The minimum Gasteiger partial charge on any atom is -0.458 e. The lowest BCUT2D eigenvalue weighted by molar-refractivity contribution is -0.199. The second-order valence-electron chi connectivity index (χ2n) is 13.5. The van der Waals surface area contributed by atoms with E-state index in [0.717, 1.165) is 12.8 Å². The highest BCUT2D eigenvalue weighted by Gasteiger charge is 2.67. The van der Waals surface area contributed by atoms with Gasteiger partial charge in [-0.1, -0.05) is 50.2 Å². The third-order valence-electron chi connectivity index (χ3n) is 11.4. The average Bonchev–Trinajstić information content (AvgIpc) is 3.31. The zero-order valence-electron chi connectivity index (χ0n) is 24.2. The Balaban J connectivity index is 1.40. The molecule has 4 aliphatic carbocycles. The molecule has 4 aliphatic rings. The van der Waals surface area contributed by atoms with Gasteiger partial charge in [0.1, 0.15) is 23.8 Å². The van der Waals surface area contributed by atoms with Crippen molar-refractivity contribution in [1.82, 2.24) is 0 Å². The molecule has 6 nitrogen and oxygen atoms in total. The molecule has 216 valence electrons. The van der Waals surface area contributed by atoms with Crippen LogP contribution in [0.25, 0.3) is 0 Å². The number of ether oxygens (including phenoxy) is 2. The van der Waals surface area contributed by atoms with E-state index in [1.165, 1.54) is 0 Å². The summed E-state index contributed by atoms with van der Waals surface area (Å²) in [6.07, 6.45) is 3.72. The molecular formula is C35H40O6. The van der Waals surface area contributed by atoms with Gasteiger partial charge in [-0.25, -0.2) is 9.59 Å². The van der Waals surface area contributed by atoms with Crippen LogP contribution in [0.4, 0.5) is 0 Å². The van der Waals surface area contributed by atoms with Crippen molar-refractivity contribution >= 4 is 23.5 Å². The third-order valence-corrected chi connectivity index (χ3v) is 11.4. The normalized spacial score (nSPS) is 37.7. The second-order valence-corrected chi connectivity index (χ2v) is 13.5. The van der Waals surface area contributed by atoms with Crippen LogP contribution in [0.15, 0.2) is 60.7 Å². The van der Waals surface area contributed by atoms with Crippen molar-refractivity contribution in [1.29, 1.82) is 0 Å². The van der Waals surface area contributed by atoms with Crippen LogP contribution < -0.4 is 0 Å². The van der Waals surface area contributed by atoms with Gasteiger partial charge in [0.25, 0.3) is 0 Å². The fraction of sp³-hybridized carbons (Fsp3) is 0.543. The lowest BCUT2D eigenvalue weighted by atomic mass is 9.43. The summed E-state index contributed by atoms with van der Waals surface area (Å²) < 4.78 is 12.7. The van der Waals surface area contributed by atoms with E-state index in [2.05, 4.69) is 13.8 Å². The molecule has 0 bridgehead atoms. The van der Waals surface area contributed by atoms with E-state index in [9.17, 15) is 19.2 Å². The molecule has 0 spiro atoms. The summed E-state index contributed by atoms with van der Waals surface area (Å²) in [5.74, 6) is -0.189. The topological polar surface area (TPSA) is 86.7 Å². The molecule has 0 N–H and O–H groups in total. The number of hydrogen-bond acceptors (Lipinski definition) is 6. The van der Waals surface area contributed by atoms with Gasteiger partial charge in [0.2, 0.25) is 0 Å². The molecule has 4 fully saturated rings. The molecule has 0 heterocycles. The first kappa shape index (κ1) is 27.9. The van der Waals surface area contributed by atoms with Crippen molar-refractivity contribution < 1.29 is 28.7 Å². The summed E-state index contributed by atoms with van der Waals surface area (Å²) in [4.78, 5) is 52.5. The predicted molar refractivity (Wildman–Crippen MR) is 153 cm³/mol. The van der Waals surface area contributed by atoms with E-state index in [1.54, 1.807) is 31.2 Å². The first-order valence-corrected chi connectivity index (χ1v) is 15.2. The molecule has 0 radical (unpaired) electrons. The van der Waals surface area contributed by atoms with Crippen molar-refractivity contribution in [2.75, 3.05) is 0 Å². The van der Waals surface area contributed by atoms with Crippen molar-refractivity contribution in [2.24, 2.45) is 40.4 Å². The monoisotopic (exact) mass is 556 g/mol. The van der Waals surface area contributed by atoms with Gasteiger partial charge in [-0.2, -0.15) is 0 Å². The van der Waals surface area contributed by atoms with Crippen molar-refractivity contribution in [3.8, 4) is 0 Å². The summed E-state index contributed by atoms with van der Waals surface area (Å²) in [6.45, 7) is 6.12. The number of esters is 2. The van der Waals surface area contributed by atoms with E-state index < -0.39 is 6.10 Å². The van der Waals surface area contributed by atoms with Crippen LogP contribution in [0.2, 0.25) is 0 Å². The summed E-state index contributed by atoms with van der Waals surface area (Å²) in [5.41, 5.74) is 0.350.